The smallest absolute Gasteiger partial charge is 0.315 e. The van der Waals surface area contributed by atoms with Crippen LogP contribution in [0.3, 0.4) is 0 Å². The fraction of sp³-hybridized carbons (Fsp3) is 0.556. The predicted molar refractivity (Wildman–Crippen MR) is 46.5 cm³/mol. The Bertz CT molecular complexity index is 344. The largest absolute Gasteiger partial charge is 0.481 e. The zero-order chi connectivity index (χ0) is 9.64. The molecule has 4 nitrogen and oxygen atoms in total. The van der Waals surface area contributed by atoms with Gasteiger partial charge in [-0.15, -0.1) is 0 Å². The summed E-state index contributed by atoms with van der Waals surface area (Å²) in [4.78, 5) is 11.0. The van der Waals surface area contributed by atoms with Crippen LogP contribution in [0.2, 0.25) is 0 Å². The van der Waals surface area contributed by atoms with Crippen LogP contribution in [0, 0.1) is 6.92 Å². The van der Waals surface area contributed by atoms with Gasteiger partial charge in [0.15, 0.2) is 0 Å². The van der Waals surface area contributed by atoms with Gasteiger partial charge in [-0.3, -0.25) is 9.48 Å². The number of carboxylic acids is 1. The van der Waals surface area contributed by atoms with Gasteiger partial charge < -0.3 is 5.11 Å². The summed E-state index contributed by atoms with van der Waals surface area (Å²) in [6, 6.07) is 1.86. The molecular formula is C9H12N2O2. The first-order valence-corrected chi connectivity index (χ1v) is 4.31. The van der Waals surface area contributed by atoms with Crippen LogP contribution < -0.4 is 0 Å². The van der Waals surface area contributed by atoms with E-state index in [1.807, 2.05) is 20.0 Å². The molecule has 0 saturated heterocycles. The molecule has 1 N–H and O–H groups in total. The fourth-order valence-corrected chi connectivity index (χ4v) is 1.50. The summed E-state index contributed by atoms with van der Waals surface area (Å²) >= 11 is 0. The van der Waals surface area contributed by atoms with Gasteiger partial charge in [0.05, 0.1) is 5.69 Å². The maximum absolute atomic E-state index is 11.0. The lowest BCUT2D eigenvalue weighted by molar-refractivity contribution is -0.140. The van der Waals surface area contributed by atoms with Crippen molar-refractivity contribution < 1.29 is 9.90 Å². The van der Waals surface area contributed by atoms with E-state index < -0.39 is 11.4 Å². The first-order chi connectivity index (χ1) is 6.06. The molecule has 1 fully saturated rings. The normalized spacial score (nSPS) is 18.6. The van der Waals surface area contributed by atoms with E-state index in [0.29, 0.717) is 5.69 Å². The number of nitrogens with zero attached hydrogens (tertiary/aromatic N) is 2. The van der Waals surface area contributed by atoms with Crippen molar-refractivity contribution in [1.82, 2.24) is 9.78 Å². The van der Waals surface area contributed by atoms with E-state index in [4.69, 9.17) is 5.11 Å². The number of aryl methyl sites for hydroxylation is 2. The molecule has 1 aromatic heterocycles. The number of aliphatic carboxylic acids is 1. The van der Waals surface area contributed by atoms with E-state index in [0.717, 1.165) is 18.5 Å². The molecule has 0 unspecified atom stereocenters. The molecule has 1 saturated carbocycles. The van der Waals surface area contributed by atoms with Crippen LogP contribution in [0.5, 0.6) is 0 Å². The molecule has 2 rings (SSSR count). The molecule has 0 amide bonds. The Hall–Kier alpha value is -1.32. The minimum absolute atomic E-state index is 0.661. The van der Waals surface area contributed by atoms with E-state index in [2.05, 4.69) is 5.10 Å². The SMILES string of the molecule is Cc1cc(C2(C(=O)O)CC2)nn1C. The maximum Gasteiger partial charge on any atom is 0.315 e. The van der Waals surface area contributed by atoms with Crippen molar-refractivity contribution in [3.05, 3.63) is 17.5 Å². The molecule has 4 heteroatoms. The summed E-state index contributed by atoms with van der Waals surface area (Å²) < 4.78 is 1.72. The quantitative estimate of drug-likeness (QED) is 0.733. The Morgan fingerprint density at radius 3 is 2.62 bits per heavy atom. The Balaban J connectivity index is 2.41. The second-order valence-corrected chi connectivity index (χ2v) is 3.68. The molecule has 0 atom stereocenters. The number of carboxylic acid groups (broad SMARTS) is 1. The van der Waals surface area contributed by atoms with Crippen molar-refractivity contribution in [3.8, 4) is 0 Å². The molecule has 0 bridgehead atoms. The lowest BCUT2D eigenvalue weighted by Crippen LogP contribution is -2.20. The van der Waals surface area contributed by atoms with Gasteiger partial charge in [0.25, 0.3) is 0 Å². The highest BCUT2D eigenvalue weighted by molar-refractivity contribution is 5.84. The van der Waals surface area contributed by atoms with Crippen LogP contribution in [0.25, 0.3) is 0 Å². The highest BCUT2D eigenvalue weighted by Crippen LogP contribution is 2.47. The minimum Gasteiger partial charge on any atom is -0.481 e. The Kier molecular flexibility index (Phi) is 1.49. The second-order valence-electron chi connectivity index (χ2n) is 3.68. The van der Waals surface area contributed by atoms with Crippen molar-refractivity contribution in [2.45, 2.75) is 25.2 Å². The van der Waals surface area contributed by atoms with Crippen molar-refractivity contribution >= 4 is 5.97 Å². The van der Waals surface area contributed by atoms with E-state index in [9.17, 15) is 4.79 Å². The van der Waals surface area contributed by atoms with Crippen LogP contribution in [0.4, 0.5) is 0 Å². The van der Waals surface area contributed by atoms with Crippen LogP contribution >= 0.6 is 0 Å². The molecule has 1 heterocycles. The average Bonchev–Trinajstić information content (AvgIpc) is 2.77. The highest BCUT2D eigenvalue weighted by atomic mass is 16.4. The van der Waals surface area contributed by atoms with Crippen LogP contribution in [-0.4, -0.2) is 20.9 Å². The molecule has 1 aliphatic rings. The zero-order valence-electron chi connectivity index (χ0n) is 7.74. The summed E-state index contributed by atoms with van der Waals surface area (Å²) in [5, 5.41) is 13.2. The first-order valence-electron chi connectivity index (χ1n) is 4.31. The monoisotopic (exact) mass is 180 g/mol. The summed E-state index contributed by atoms with van der Waals surface area (Å²) in [7, 11) is 1.83. The van der Waals surface area contributed by atoms with Crippen LogP contribution in [0.1, 0.15) is 24.2 Å². The maximum atomic E-state index is 11.0. The van der Waals surface area contributed by atoms with Gasteiger partial charge >= 0.3 is 5.97 Å². The minimum atomic E-state index is -0.745. The fourth-order valence-electron chi connectivity index (χ4n) is 1.50. The van der Waals surface area contributed by atoms with E-state index in [-0.39, 0.29) is 0 Å². The van der Waals surface area contributed by atoms with E-state index in [1.165, 1.54) is 0 Å². The van der Waals surface area contributed by atoms with Gasteiger partial charge in [0.2, 0.25) is 0 Å². The van der Waals surface area contributed by atoms with E-state index in [1.54, 1.807) is 4.68 Å². The lowest BCUT2D eigenvalue weighted by atomic mass is 10.0. The van der Waals surface area contributed by atoms with Gasteiger partial charge in [-0.1, -0.05) is 0 Å². The molecule has 0 aliphatic heterocycles. The number of aromatic nitrogens is 2. The number of hydrogen-bond acceptors (Lipinski definition) is 2. The van der Waals surface area contributed by atoms with Crippen molar-refractivity contribution in [3.63, 3.8) is 0 Å². The third kappa shape index (κ3) is 1.05. The van der Waals surface area contributed by atoms with Gasteiger partial charge in [0.1, 0.15) is 5.41 Å². The molecule has 1 aliphatic carbocycles. The van der Waals surface area contributed by atoms with Crippen molar-refractivity contribution in [1.29, 1.82) is 0 Å². The molecule has 0 aromatic carbocycles. The Labute approximate surface area is 76.2 Å². The third-order valence-corrected chi connectivity index (χ3v) is 2.76. The highest BCUT2D eigenvalue weighted by Gasteiger charge is 2.53. The van der Waals surface area contributed by atoms with Crippen LogP contribution in [0.15, 0.2) is 6.07 Å². The number of carbonyl (C=O) groups is 1. The summed E-state index contributed by atoms with van der Waals surface area (Å²) in [6.07, 6.45) is 1.44. The summed E-state index contributed by atoms with van der Waals surface area (Å²) in [6.45, 7) is 1.93. The Morgan fingerprint density at radius 1 is 1.69 bits per heavy atom. The Morgan fingerprint density at radius 2 is 2.31 bits per heavy atom. The van der Waals surface area contributed by atoms with Crippen molar-refractivity contribution in [2.75, 3.05) is 0 Å². The molecular weight excluding hydrogens is 168 g/mol. The number of hydrogen-bond donors (Lipinski definition) is 1. The second kappa shape index (κ2) is 2.34. The lowest BCUT2D eigenvalue weighted by Gasteiger charge is -2.03. The van der Waals surface area contributed by atoms with Gasteiger partial charge in [0, 0.05) is 12.7 Å². The van der Waals surface area contributed by atoms with Crippen LogP contribution in [-0.2, 0) is 17.3 Å². The molecule has 13 heavy (non-hydrogen) atoms. The average molecular weight is 180 g/mol. The predicted octanol–water partition coefficient (Wildman–Crippen LogP) is 0.845. The topological polar surface area (TPSA) is 55.1 Å². The molecule has 1 aromatic rings. The standard InChI is InChI=1S/C9H12N2O2/c1-6-5-7(10-11(6)2)9(3-4-9)8(12)13/h5H,3-4H2,1-2H3,(H,12,13). The third-order valence-electron chi connectivity index (χ3n) is 2.76. The number of rotatable bonds is 2. The summed E-state index contributed by atoms with van der Waals surface area (Å²) in [5.41, 5.74) is 1.05. The van der Waals surface area contributed by atoms with Gasteiger partial charge in [-0.05, 0) is 25.8 Å². The van der Waals surface area contributed by atoms with Crippen molar-refractivity contribution in [2.24, 2.45) is 7.05 Å². The zero-order valence-corrected chi connectivity index (χ0v) is 7.74. The summed E-state index contributed by atoms with van der Waals surface area (Å²) in [5.74, 6) is -0.745. The van der Waals surface area contributed by atoms with Gasteiger partial charge in [-0.25, -0.2) is 0 Å². The van der Waals surface area contributed by atoms with Gasteiger partial charge in [-0.2, -0.15) is 5.10 Å². The molecule has 70 valence electrons. The molecule has 0 radical (unpaired) electrons. The molecule has 0 spiro atoms. The first kappa shape index (κ1) is 8.29. The van der Waals surface area contributed by atoms with E-state index >= 15 is 0 Å².